The number of carboxylic acid groups (broad SMARTS) is 1. The first-order chi connectivity index (χ1) is 7.04. The quantitative estimate of drug-likeness (QED) is 0.726. The fraction of sp³-hybridized carbons (Fsp3) is 0.900. The molecule has 0 saturated heterocycles. The molecule has 0 aliphatic carbocycles. The zero-order valence-electron chi connectivity index (χ0n) is 9.69. The minimum Gasteiger partial charge on any atom is -0.481 e. The van der Waals surface area contributed by atoms with Gasteiger partial charge in [-0.3, -0.25) is 4.79 Å². The predicted octanol–water partition coefficient (Wildman–Crippen LogP) is 2.28. The van der Waals surface area contributed by atoms with Crippen molar-refractivity contribution in [3.05, 3.63) is 0 Å². The molecule has 0 aromatic carbocycles. The van der Waals surface area contributed by atoms with Gasteiger partial charge >= 0.3 is 12.1 Å². The summed E-state index contributed by atoms with van der Waals surface area (Å²) in [7, 11) is 0. The molecule has 0 aromatic heterocycles. The number of nitrogens with one attached hydrogen (secondary N) is 1. The highest BCUT2D eigenvalue weighted by Crippen LogP contribution is 2.26. The SMILES string of the molecule is CC(C)(C)CCNCC(C(=O)O)C(F)(F)F. The van der Waals surface area contributed by atoms with Gasteiger partial charge in [0, 0.05) is 6.54 Å². The second kappa shape index (κ2) is 5.52. The molecule has 0 saturated carbocycles. The number of carbonyl (C=O) groups is 1. The van der Waals surface area contributed by atoms with Gasteiger partial charge in [-0.1, -0.05) is 20.8 Å². The lowest BCUT2D eigenvalue weighted by molar-refractivity contribution is -0.192. The van der Waals surface area contributed by atoms with Crippen LogP contribution < -0.4 is 5.32 Å². The van der Waals surface area contributed by atoms with Crippen molar-refractivity contribution in [2.24, 2.45) is 11.3 Å². The number of hydrogen-bond donors (Lipinski definition) is 2. The van der Waals surface area contributed by atoms with Gasteiger partial charge in [0.05, 0.1) is 0 Å². The fourth-order valence-electron chi connectivity index (χ4n) is 1.05. The zero-order valence-corrected chi connectivity index (χ0v) is 9.69. The van der Waals surface area contributed by atoms with Crippen LogP contribution in [0.25, 0.3) is 0 Å². The van der Waals surface area contributed by atoms with Crippen molar-refractivity contribution in [1.29, 1.82) is 0 Å². The van der Waals surface area contributed by atoms with Crippen LogP contribution in [0.1, 0.15) is 27.2 Å². The van der Waals surface area contributed by atoms with E-state index in [-0.39, 0.29) is 5.41 Å². The summed E-state index contributed by atoms with van der Waals surface area (Å²) in [4.78, 5) is 10.4. The Bertz CT molecular complexity index is 233. The molecule has 6 heteroatoms. The smallest absolute Gasteiger partial charge is 0.403 e. The highest BCUT2D eigenvalue weighted by molar-refractivity contribution is 5.71. The number of alkyl halides is 3. The summed E-state index contributed by atoms with van der Waals surface area (Å²) in [5.41, 5.74) is 0.0178. The van der Waals surface area contributed by atoms with Crippen LogP contribution in [0.3, 0.4) is 0 Å². The summed E-state index contributed by atoms with van der Waals surface area (Å²) in [5, 5.41) is 10.9. The lowest BCUT2D eigenvalue weighted by atomic mass is 9.92. The number of aliphatic carboxylic acids is 1. The molecule has 0 rings (SSSR count). The Kier molecular flexibility index (Phi) is 5.25. The zero-order chi connectivity index (χ0) is 13.0. The van der Waals surface area contributed by atoms with E-state index in [1.54, 1.807) is 0 Å². The van der Waals surface area contributed by atoms with Crippen LogP contribution in [-0.2, 0) is 4.79 Å². The van der Waals surface area contributed by atoms with Gasteiger partial charge in [-0.15, -0.1) is 0 Å². The third-order valence-corrected chi connectivity index (χ3v) is 2.09. The minimum atomic E-state index is -4.69. The van der Waals surface area contributed by atoms with Crippen LogP contribution in [0, 0.1) is 11.3 Å². The van der Waals surface area contributed by atoms with Crippen LogP contribution in [0.5, 0.6) is 0 Å². The molecular formula is C10H18F3NO2. The normalized spacial score (nSPS) is 14.9. The molecule has 0 bridgehead atoms. The third kappa shape index (κ3) is 6.66. The van der Waals surface area contributed by atoms with Crippen molar-refractivity contribution in [2.45, 2.75) is 33.4 Å². The van der Waals surface area contributed by atoms with E-state index in [0.717, 1.165) is 0 Å². The van der Waals surface area contributed by atoms with Gasteiger partial charge in [0.15, 0.2) is 5.92 Å². The Hall–Kier alpha value is -0.780. The summed E-state index contributed by atoms with van der Waals surface area (Å²) in [6.45, 7) is 5.70. The minimum absolute atomic E-state index is 0.0178. The van der Waals surface area contributed by atoms with Crippen LogP contribution >= 0.6 is 0 Å². The van der Waals surface area contributed by atoms with E-state index in [2.05, 4.69) is 5.32 Å². The van der Waals surface area contributed by atoms with E-state index < -0.39 is 24.6 Å². The summed E-state index contributed by atoms with van der Waals surface area (Å²) in [5.74, 6) is -4.16. The van der Waals surface area contributed by atoms with Crippen molar-refractivity contribution in [3.63, 3.8) is 0 Å². The molecule has 0 aliphatic heterocycles. The van der Waals surface area contributed by atoms with Crippen molar-refractivity contribution < 1.29 is 23.1 Å². The first-order valence-corrected chi connectivity index (χ1v) is 5.04. The highest BCUT2D eigenvalue weighted by Gasteiger charge is 2.44. The molecule has 0 heterocycles. The molecule has 0 fully saturated rings. The van der Waals surface area contributed by atoms with E-state index in [1.165, 1.54) is 0 Å². The molecule has 1 atom stereocenters. The van der Waals surface area contributed by atoms with Gasteiger partial charge in [0.25, 0.3) is 0 Å². The monoisotopic (exact) mass is 241 g/mol. The van der Waals surface area contributed by atoms with E-state index in [1.807, 2.05) is 20.8 Å². The van der Waals surface area contributed by atoms with Crippen LogP contribution in [0.2, 0.25) is 0 Å². The van der Waals surface area contributed by atoms with Crippen LogP contribution in [-0.4, -0.2) is 30.3 Å². The van der Waals surface area contributed by atoms with Gasteiger partial charge in [0.2, 0.25) is 0 Å². The van der Waals surface area contributed by atoms with Crippen LogP contribution in [0.4, 0.5) is 13.2 Å². The van der Waals surface area contributed by atoms with Gasteiger partial charge < -0.3 is 10.4 Å². The summed E-state index contributed by atoms with van der Waals surface area (Å²) in [6, 6.07) is 0. The molecular weight excluding hydrogens is 223 g/mol. The molecule has 96 valence electrons. The van der Waals surface area contributed by atoms with E-state index in [9.17, 15) is 18.0 Å². The molecule has 0 aromatic rings. The first kappa shape index (κ1) is 15.2. The second-order valence-corrected chi connectivity index (χ2v) is 4.95. The maximum atomic E-state index is 12.2. The lowest BCUT2D eigenvalue weighted by Gasteiger charge is -2.20. The second-order valence-electron chi connectivity index (χ2n) is 4.95. The van der Waals surface area contributed by atoms with Gasteiger partial charge in [-0.05, 0) is 18.4 Å². The average molecular weight is 241 g/mol. The molecule has 0 radical (unpaired) electrons. The standard InChI is InChI=1S/C10H18F3NO2/c1-9(2,3)4-5-14-6-7(8(15)16)10(11,12)13/h7,14H,4-6H2,1-3H3,(H,15,16). The van der Waals surface area contributed by atoms with Gasteiger partial charge in [-0.25, -0.2) is 0 Å². The third-order valence-electron chi connectivity index (χ3n) is 2.09. The van der Waals surface area contributed by atoms with Gasteiger partial charge in [0.1, 0.15) is 0 Å². The van der Waals surface area contributed by atoms with E-state index >= 15 is 0 Å². The average Bonchev–Trinajstić information content (AvgIpc) is 1.97. The highest BCUT2D eigenvalue weighted by atomic mass is 19.4. The molecule has 3 nitrogen and oxygen atoms in total. The summed E-state index contributed by atoms with van der Waals surface area (Å²) < 4.78 is 36.6. The Morgan fingerprint density at radius 1 is 1.31 bits per heavy atom. The molecule has 0 aliphatic rings. The lowest BCUT2D eigenvalue weighted by Crippen LogP contribution is -2.39. The Morgan fingerprint density at radius 2 is 1.81 bits per heavy atom. The van der Waals surface area contributed by atoms with Crippen molar-refractivity contribution in [3.8, 4) is 0 Å². The first-order valence-electron chi connectivity index (χ1n) is 5.04. The molecule has 0 spiro atoms. The Morgan fingerprint density at radius 3 is 2.12 bits per heavy atom. The van der Waals surface area contributed by atoms with Crippen molar-refractivity contribution >= 4 is 5.97 Å². The van der Waals surface area contributed by atoms with E-state index in [0.29, 0.717) is 13.0 Å². The summed E-state index contributed by atoms with van der Waals surface area (Å²) in [6.07, 6.45) is -4.00. The van der Waals surface area contributed by atoms with Crippen molar-refractivity contribution in [2.75, 3.05) is 13.1 Å². The molecule has 16 heavy (non-hydrogen) atoms. The fourth-order valence-corrected chi connectivity index (χ4v) is 1.05. The maximum Gasteiger partial charge on any atom is 0.403 e. The Balaban J connectivity index is 4.02. The summed E-state index contributed by atoms with van der Waals surface area (Å²) >= 11 is 0. The molecule has 1 unspecified atom stereocenters. The largest absolute Gasteiger partial charge is 0.481 e. The topological polar surface area (TPSA) is 49.3 Å². The van der Waals surface area contributed by atoms with Crippen LogP contribution in [0.15, 0.2) is 0 Å². The number of halogens is 3. The number of hydrogen-bond acceptors (Lipinski definition) is 2. The molecule has 2 N–H and O–H groups in total. The number of rotatable bonds is 5. The van der Waals surface area contributed by atoms with E-state index in [4.69, 9.17) is 5.11 Å². The van der Waals surface area contributed by atoms with Crippen molar-refractivity contribution in [1.82, 2.24) is 5.32 Å². The predicted molar refractivity (Wildman–Crippen MR) is 54.1 cm³/mol. The number of carboxylic acids is 1. The molecule has 0 amide bonds. The maximum absolute atomic E-state index is 12.2. The Labute approximate surface area is 93.0 Å². The van der Waals surface area contributed by atoms with Gasteiger partial charge in [-0.2, -0.15) is 13.2 Å².